The summed E-state index contributed by atoms with van der Waals surface area (Å²) in [6, 6.07) is 1.20. The fourth-order valence-corrected chi connectivity index (χ4v) is 2.47. The Bertz CT molecular complexity index is 173. The van der Waals surface area contributed by atoms with Crippen molar-refractivity contribution in [3.05, 3.63) is 0 Å². The second-order valence-electron chi connectivity index (χ2n) is 5.09. The molecule has 2 nitrogen and oxygen atoms in total. The molecule has 1 saturated heterocycles. The van der Waals surface area contributed by atoms with Crippen LogP contribution in [0.3, 0.4) is 0 Å². The minimum atomic E-state index is 0.469. The van der Waals surface area contributed by atoms with Gasteiger partial charge in [-0.05, 0) is 39.0 Å². The average molecular weight is 197 g/mol. The summed E-state index contributed by atoms with van der Waals surface area (Å²) in [6.07, 6.45) is 7.23. The monoisotopic (exact) mass is 197 g/mol. The van der Waals surface area contributed by atoms with Gasteiger partial charge in [0.05, 0.1) is 6.10 Å². The van der Waals surface area contributed by atoms with Crippen LogP contribution in [0.25, 0.3) is 0 Å². The first-order valence-corrected chi connectivity index (χ1v) is 6.13. The van der Waals surface area contributed by atoms with Gasteiger partial charge in [-0.3, -0.25) is 0 Å². The quantitative estimate of drug-likeness (QED) is 0.730. The Morgan fingerprint density at radius 2 is 2.07 bits per heavy atom. The van der Waals surface area contributed by atoms with Gasteiger partial charge in [-0.1, -0.05) is 12.8 Å². The summed E-state index contributed by atoms with van der Waals surface area (Å²) in [5.74, 6) is 1.02. The normalized spacial score (nSPS) is 31.7. The van der Waals surface area contributed by atoms with Crippen LogP contribution in [-0.4, -0.2) is 24.8 Å². The molecule has 2 heteroatoms. The first-order chi connectivity index (χ1) is 6.75. The van der Waals surface area contributed by atoms with Crippen LogP contribution in [0, 0.1) is 5.92 Å². The summed E-state index contributed by atoms with van der Waals surface area (Å²) >= 11 is 0. The van der Waals surface area contributed by atoms with Crippen LogP contribution in [0.5, 0.6) is 0 Å². The fraction of sp³-hybridized carbons (Fsp3) is 1.00. The Hall–Kier alpha value is -0.0800. The maximum absolute atomic E-state index is 5.67. The van der Waals surface area contributed by atoms with Crippen LogP contribution < -0.4 is 5.32 Å². The fourth-order valence-electron chi connectivity index (χ4n) is 2.47. The molecule has 14 heavy (non-hydrogen) atoms. The van der Waals surface area contributed by atoms with E-state index in [2.05, 4.69) is 19.2 Å². The molecule has 2 fully saturated rings. The minimum Gasteiger partial charge on any atom is -0.377 e. The lowest BCUT2D eigenvalue weighted by Crippen LogP contribution is -2.42. The summed E-state index contributed by atoms with van der Waals surface area (Å²) in [6.45, 7) is 5.54. The molecule has 3 atom stereocenters. The third kappa shape index (κ3) is 2.96. The molecule has 0 amide bonds. The third-order valence-electron chi connectivity index (χ3n) is 3.45. The van der Waals surface area contributed by atoms with E-state index in [4.69, 9.17) is 4.74 Å². The molecule has 0 radical (unpaired) electrons. The van der Waals surface area contributed by atoms with Gasteiger partial charge in [-0.2, -0.15) is 0 Å². The van der Waals surface area contributed by atoms with Crippen LogP contribution in [0.4, 0.5) is 0 Å². The smallest absolute Gasteiger partial charge is 0.0726 e. The Labute approximate surface area is 87.4 Å². The molecular weight excluding hydrogens is 174 g/mol. The maximum atomic E-state index is 5.67. The van der Waals surface area contributed by atoms with E-state index in [1.54, 1.807) is 0 Å². The molecule has 0 aromatic rings. The third-order valence-corrected chi connectivity index (χ3v) is 3.45. The van der Waals surface area contributed by atoms with E-state index < -0.39 is 0 Å². The van der Waals surface area contributed by atoms with Gasteiger partial charge < -0.3 is 10.1 Å². The van der Waals surface area contributed by atoms with Crippen molar-refractivity contribution < 1.29 is 4.74 Å². The summed E-state index contributed by atoms with van der Waals surface area (Å²) in [4.78, 5) is 0. The van der Waals surface area contributed by atoms with Crippen molar-refractivity contribution in [1.29, 1.82) is 0 Å². The van der Waals surface area contributed by atoms with Crippen molar-refractivity contribution in [2.24, 2.45) is 5.92 Å². The van der Waals surface area contributed by atoms with E-state index in [-0.39, 0.29) is 0 Å². The van der Waals surface area contributed by atoms with E-state index in [1.807, 2.05) is 0 Å². The SMILES string of the molecule is CC(CC1CC1)NC(C)C1CCCO1. The van der Waals surface area contributed by atoms with E-state index in [0.717, 1.165) is 12.5 Å². The number of hydrogen-bond donors (Lipinski definition) is 1. The molecule has 0 aromatic carbocycles. The van der Waals surface area contributed by atoms with Crippen LogP contribution in [0.1, 0.15) is 46.0 Å². The van der Waals surface area contributed by atoms with Crippen LogP contribution in [0.2, 0.25) is 0 Å². The lowest BCUT2D eigenvalue weighted by Gasteiger charge is -2.24. The van der Waals surface area contributed by atoms with Gasteiger partial charge in [0.15, 0.2) is 0 Å². The zero-order valence-electron chi connectivity index (χ0n) is 9.46. The summed E-state index contributed by atoms with van der Waals surface area (Å²) < 4.78 is 5.67. The lowest BCUT2D eigenvalue weighted by molar-refractivity contribution is 0.0798. The van der Waals surface area contributed by atoms with E-state index in [0.29, 0.717) is 18.2 Å². The van der Waals surface area contributed by atoms with Gasteiger partial charge in [-0.25, -0.2) is 0 Å². The Balaban J connectivity index is 1.66. The zero-order valence-corrected chi connectivity index (χ0v) is 9.46. The van der Waals surface area contributed by atoms with Crippen LogP contribution in [0.15, 0.2) is 0 Å². The molecule has 1 aliphatic heterocycles. The molecule has 2 rings (SSSR count). The standard InChI is InChI=1S/C12H23NO/c1-9(8-11-5-6-11)13-10(2)12-4-3-7-14-12/h9-13H,3-8H2,1-2H3. The summed E-state index contributed by atoms with van der Waals surface area (Å²) in [5.41, 5.74) is 0. The molecule has 0 bridgehead atoms. The van der Waals surface area contributed by atoms with Crippen molar-refractivity contribution in [2.75, 3.05) is 6.61 Å². The number of nitrogens with one attached hydrogen (secondary N) is 1. The number of ether oxygens (including phenoxy) is 1. The highest BCUT2D eigenvalue weighted by atomic mass is 16.5. The summed E-state index contributed by atoms with van der Waals surface area (Å²) in [7, 11) is 0. The zero-order chi connectivity index (χ0) is 9.97. The molecular formula is C12H23NO. The van der Waals surface area contributed by atoms with Crippen LogP contribution >= 0.6 is 0 Å². The Morgan fingerprint density at radius 3 is 2.64 bits per heavy atom. The molecule has 1 aliphatic carbocycles. The molecule has 1 saturated carbocycles. The van der Waals surface area contributed by atoms with Crippen molar-refractivity contribution in [2.45, 2.75) is 64.1 Å². The molecule has 1 heterocycles. The van der Waals surface area contributed by atoms with Crippen LogP contribution in [-0.2, 0) is 4.74 Å². The van der Waals surface area contributed by atoms with Gasteiger partial charge in [-0.15, -0.1) is 0 Å². The highest BCUT2D eigenvalue weighted by Crippen LogP contribution is 2.33. The first-order valence-electron chi connectivity index (χ1n) is 6.13. The highest BCUT2D eigenvalue weighted by Gasteiger charge is 2.27. The molecule has 0 aromatic heterocycles. The number of rotatable bonds is 5. The minimum absolute atomic E-state index is 0.469. The molecule has 0 spiro atoms. The van der Waals surface area contributed by atoms with Gasteiger partial charge in [0.1, 0.15) is 0 Å². The van der Waals surface area contributed by atoms with E-state index >= 15 is 0 Å². The Kier molecular flexibility index (Phi) is 3.45. The second-order valence-corrected chi connectivity index (χ2v) is 5.09. The largest absolute Gasteiger partial charge is 0.377 e. The average Bonchev–Trinajstić information content (AvgIpc) is 2.80. The summed E-state index contributed by atoms with van der Waals surface area (Å²) in [5, 5.41) is 3.67. The molecule has 2 aliphatic rings. The first kappa shape index (κ1) is 10.4. The topological polar surface area (TPSA) is 21.3 Å². The second kappa shape index (κ2) is 4.63. The predicted octanol–water partition coefficient (Wildman–Crippen LogP) is 2.33. The molecule has 82 valence electrons. The van der Waals surface area contributed by atoms with Crippen molar-refractivity contribution in [3.63, 3.8) is 0 Å². The van der Waals surface area contributed by atoms with Gasteiger partial charge in [0.2, 0.25) is 0 Å². The van der Waals surface area contributed by atoms with Crippen molar-refractivity contribution in [3.8, 4) is 0 Å². The predicted molar refractivity (Wildman–Crippen MR) is 58.4 cm³/mol. The Morgan fingerprint density at radius 1 is 1.29 bits per heavy atom. The maximum Gasteiger partial charge on any atom is 0.0726 e. The molecule has 3 unspecified atom stereocenters. The molecule has 1 N–H and O–H groups in total. The van der Waals surface area contributed by atoms with Gasteiger partial charge in [0.25, 0.3) is 0 Å². The van der Waals surface area contributed by atoms with E-state index in [1.165, 1.54) is 32.1 Å². The van der Waals surface area contributed by atoms with Crippen molar-refractivity contribution >= 4 is 0 Å². The van der Waals surface area contributed by atoms with E-state index in [9.17, 15) is 0 Å². The number of hydrogen-bond acceptors (Lipinski definition) is 2. The lowest BCUT2D eigenvalue weighted by atomic mass is 10.1. The van der Waals surface area contributed by atoms with Gasteiger partial charge >= 0.3 is 0 Å². The highest BCUT2D eigenvalue weighted by molar-refractivity contribution is 4.82. The van der Waals surface area contributed by atoms with Gasteiger partial charge in [0, 0.05) is 18.7 Å². The van der Waals surface area contributed by atoms with Crippen molar-refractivity contribution in [1.82, 2.24) is 5.32 Å².